The van der Waals surface area contributed by atoms with Crippen molar-refractivity contribution in [2.75, 3.05) is 6.61 Å². The molecule has 2 aromatic carbocycles. The molecule has 35 heavy (non-hydrogen) atoms. The molecule has 1 atom stereocenters. The van der Waals surface area contributed by atoms with E-state index in [2.05, 4.69) is 21.1 Å². The quantitative estimate of drug-likeness (QED) is 0.389. The SMILES string of the molecule is CC#CCOc1ccc(S(=O)(=O)NC(Cc2cn(CC3CCC3)c3ccc(Cl)cc23)C(=O)O)cc1. The minimum absolute atomic E-state index is 0.0139. The lowest BCUT2D eigenvalue weighted by Gasteiger charge is -2.26. The van der Waals surface area contributed by atoms with Gasteiger partial charge in [-0.1, -0.05) is 23.9 Å². The van der Waals surface area contributed by atoms with Crippen LogP contribution < -0.4 is 9.46 Å². The number of ether oxygens (including phenoxy) is 1. The van der Waals surface area contributed by atoms with E-state index in [1.165, 1.54) is 43.5 Å². The fourth-order valence-corrected chi connectivity index (χ4v) is 5.53. The van der Waals surface area contributed by atoms with E-state index in [1.54, 1.807) is 13.0 Å². The van der Waals surface area contributed by atoms with Gasteiger partial charge in [-0.3, -0.25) is 4.79 Å². The molecular weight excluding hydrogens is 488 g/mol. The van der Waals surface area contributed by atoms with Gasteiger partial charge in [0.2, 0.25) is 10.0 Å². The molecule has 0 bridgehead atoms. The topological polar surface area (TPSA) is 97.6 Å². The number of carbonyl (C=O) groups is 1. The molecule has 1 saturated carbocycles. The first kappa shape index (κ1) is 25.1. The molecule has 0 radical (unpaired) electrons. The van der Waals surface area contributed by atoms with Crippen molar-refractivity contribution in [3.05, 3.63) is 59.2 Å². The third-order valence-electron chi connectivity index (χ3n) is 6.25. The number of aromatic nitrogens is 1. The lowest BCUT2D eigenvalue weighted by molar-refractivity contribution is -0.138. The van der Waals surface area contributed by atoms with Gasteiger partial charge in [0.15, 0.2) is 0 Å². The van der Waals surface area contributed by atoms with Crippen molar-refractivity contribution in [1.82, 2.24) is 9.29 Å². The summed E-state index contributed by atoms with van der Waals surface area (Å²) in [7, 11) is -4.08. The molecule has 2 N–H and O–H groups in total. The van der Waals surface area contributed by atoms with Crippen LogP contribution in [0.2, 0.25) is 5.02 Å². The maximum Gasteiger partial charge on any atom is 0.322 e. The van der Waals surface area contributed by atoms with Crippen LogP contribution in [-0.4, -0.2) is 36.7 Å². The standard InChI is InChI=1S/C26H27ClN2O5S/c1-2-3-13-34-21-8-10-22(11-9-21)35(32,33)28-24(26(30)31)14-19-17-29(16-18-5-4-6-18)25-12-7-20(27)15-23(19)25/h7-12,15,17-18,24,28H,4-6,13-14,16H2,1H3,(H,30,31). The number of hydrogen-bond acceptors (Lipinski definition) is 4. The van der Waals surface area contributed by atoms with Gasteiger partial charge in [-0.05, 0) is 73.7 Å². The first-order chi connectivity index (χ1) is 16.8. The molecule has 0 saturated heterocycles. The summed E-state index contributed by atoms with van der Waals surface area (Å²) in [6, 6.07) is 9.96. The second kappa shape index (κ2) is 10.7. The molecule has 1 fully saturated rings. The Labute approximate surface area is 210 Å². The maximum absolute atomic E-state index is 13.0. The van der Waals surface area contributed by atoms with Crippen molar-refractivity contribution in [2.24, 2.45) is 5.92 Å². The largest absolute Gasteiger partial charge is 0.481 e. The van der Waals surface area contributed by atoms with Crippen molar-refractivity contribution < 1.29 is 23.1 Å². The summed E-state index contributed by atoms with van der Waals surface area (Å²) in [6.45, 7) is 2.74. The lowest BCUT2D eigenvalue weighted by atomic mass is 9.85. The molecule has 7 nitrogen and oxygen atoms in total. The number of carboxylic acid groups (broad SMARTS) is 1. The predicted molar refractivity (Wildman–Crippen MR) is 135 cm³/mol. The minimum atomic E-state index is -4.08. The second-order valence-corrected chi connectivity index (χ2v) is 10.8. The van der Waals surface area contributed by atoms with Gasteiger partial charge in [-0.2, -0.15) is 4.72 Å². The van der Waals surface area contributed by atoms with Crippen LogP contribution in [0.3, 0.4) is 0 Å². The molecule has 0 aliphatic heterocycles. The fourth-order valence-electron chi connectivity index (χ4n) is 4.17. The number of halogens is 1. The highest BCUT2D eigenvalue weighted by Crippen LogP contribution is 2.32. The monoisotopic (exact) mass is 514 g/mol. The van der Waals surface area contributed by atoms with Crippen molar-refractivity contribution in [2.45, 2.75) is 50.1 Å². The number of nitrogens with one attached hydrogen (secondary N) is 1. The number of sulfonamides is 1. The van der Waals surface area contributed by atoms with E-state index >= 15 is 0 Å². The smallest absolute Gasteiger partial charge is 0.322 e. The molecule has 1 unspecified atom stereocenters. The Morgan fingerprint density at radius 1 is 1.26 bits per heavy atom. The lowest BCUT2D eigenvalue weighted by Crippen LogP contribution is -2.42. The third-order valence-corrected chi connectivity index (χ3v) is 7.97. The molecule has 1 aliphatic carbocycles. The van der Waals surface area contributed by atoms with Gasteiger partial charge in [-0.25, -0.2) is 8.42 Å². The van der Waals surface area contributed by atoms with Crippen LogP contribution in [-0.2, 0) is 27.8 Å². The molecule has 1 aromatic heterocycles. The van der Waals surface area contributed by atoms with Gasteiger partial charge in [0, 0.05) is 35.1 Å². The Morgan fingerprint density at radius 3 is 2.63 bits per heavy atom. The van der Waals surface area contributed by atoms with Gasteiger partial charge in [-0.15, -0.1) is 5.92 Å². The second-order valence-electron chi connectivity index (χ2n) is 8.67. The van der Waals surface area contributed by atoms with Crippen molar-refractivity contribution >= 4 is 38.5 Å². The van der Waals surface area contributed by atoms with Gasteiger partial charge >= 0.3 is 5.97 Å². The van der Waals surface area contributed by atoms with Crippen LogP contribution in [0.15, 0.2) is 53.6 Å². The zero-order valence-corrected chi connectivity index (χ0v) is 20.9. The summed E-state index contributed by atoms with van der Waals surface area (Å²) in [6.07, 6.45) is 5.49. The van der Waals surface area contributed by atoms with Crippen LogP contribution in [0.5, 0.6) is 5.75 Å². The molecule has 1 heterocycles. The average molecular weight is 515 g/mol. The zero-order chi connectivity index (χ0) is 25.0. The van der Waals surface area contributed by atoms with Crippen LogP contribution in [0, 0.1) is 17.8 Å². The molecule has 9 heteroatoms. The van der Waals surface area contributed by atoms with Crippen molar-refractivity contribution in [3.63, 3.8) is 0 Å². The summed E-state index contributed by atoms with van der Waals surface area (Å²) in [5.41, 5.74) is 1.70. The number of fused-ring (bicyclic) bond motifs is 1. The summed E-state index contributed by atoms with van der Waals surface area (Å²) in [4.78, 5) is 12.0. The average Bonchev–Trinajstić information content (AvgIpc) is 3.12. The Kier molecular flexibility index (Phi) is 7.70. The van der Waals surface area contributed by atoms with E-state index in [1.807, 2.05) is 18.3 Å². The number of benzene rings is 2. The van der Waals surface area contributed by atoms with Crippen molar-refractivity contribution in [1.29, 1.82) is 0 Å². The molecule has 0 amide bonds. The van der Waals surface area contributed by atoms with Crippen LogP contribution in [0.1, 0.15) is 31.7 Å². The Balaban J connectivity index is 1.55. The highest BCUT2D eigenvalue weighted by atomic mass is 35.5. The van der Waals surface area contributed by atoms with E-state index in [0.717, 1.165) is 23.0 Å². The highest BCUT2D eigenvalue weighted by Gasteiger charge is 2.28. The normalized spacial score (nSPS) is 14.7. The Hall–Kier alpha value is -2.99. The Bertz CT molecular complexity index is 1380. The first-order valence-corrected chi connectivity index (χ1v) is 13.3. The minimum Gasteiger partial charge on any atom is -0.481 e. The van der Waals surface area contributed by atoms with E-state index in [-0.39, 0.29) is 17.9 Å². The number of carboxylic acids is 1. The van der Waals surface area contributed by atoms with Gasteiger partial charge in [0.05, 0.1) is 4.90 Å². The van der Waals surface area contributed by atoms with Crippen molar-refractivity contribution in [3.8, 4) is 17.6 Å². The molecule has 1 aliphatic rings. The fraction of sp³-hybridized carbons (Fsp3) is 0.346. The number of aliphatic carboxylic acids is 1. The number of rotatable bonds is 10. The Morgan fingerprint density at radius 2 is 2.00 bits per heavy atom. The van der Waals surface area contributed by atoms with E-state index in [0.29, 0.717) is 16.7 Å². The summed E-state index contributed by atoms with van der Waals surface area (Å²) in [5.74, 6) is 5.29. The van der Waals surface area contributed by atoms with Gasteiger partial charge in [0.25, 0.3) is 0 Å². The highest BCUT2D eigenvalue weighted by molar-refractivity contribution is 7.89. The van der Waals surface area contributed by atoms with Crippen LogP contribution in [0.25, 0.3) is 10.9 Å². The molecular formula is C26H27ClN2O5S. The number of nitrogens with zero attached hydrogens (tertiary/aromatic N) is 1. The molecule has 184 valence electrons. The number of hydrogen-bond donors (Lipinski definition) is 2. The van der Waals surface area contributed by atoms with E-state index in [4.69, 9.17) is 16.3 Å². The molecule has 3 aromatic rings. The van der Waals surface area contributed by atoms with E-state index < -0.39 is 22.0 Å². The molecule has 4 rings (SSSR count). The summed E-state index contributed by atoms with van der Waals surface area (Å²) < 4.78 is 35.8. The van der Waals surface area contributed by atoms with Crippen LogP contribution >= 0.6 is 11.6 Å². The van der Waals surface area contributed by atoms with E-state index in [9.17, 15) is 18.3 Å². The summed E-state index contributed by atoms with van der Waals surface area (Å²) in [5, 5.41) is 11.2. The first-order valence-electron chi connectivity index (χ1n) is 11.4. The van der Waals surface area contributed by atoms with Crippen LogP contribution in [0.4, 0.5) is 0 Å². The summed E-state index contributed by atoms with van der Waals surface area (Å²) >= 11 is 6.23. The molecule has 0 spiro atoms. The maximum atomic E-state index is 13.0. The third kappa shape index (κ3) is 5.99. The zero-order valence-electron chi connectivity index (χ0n) is 19.3. The van der Waals surface area contributed by atoms with Gasteiger partial charge in [0.1, 0.15) is 18.4 Å². The van der Waals surface area contributed by atoms with Gasteiger partial charge < -0.3 is 14.4 Å². The predicted octanol–water partition coefficient (Wildman–Crippen LogP) is 4.47.